The minimum Gasteiger partial charge on any atom is -0.378 e. The van der Waals surface area contributed by atoms with Crippen LogP contribution < -0.4 is 15.1 Å². The summed E-state index contributed by atoms with van der Waals surface area (Å²) in [5.74, 6) is -2.46. The third kappa shape index (κ3) is 4.54. The number of hydrogen-bond donors (Lipinski definition) is 2. The van der Waals surface area contributed by atoms with Gasteiger partial charge in [0.05, 0.1) is 20.6 Å². The Balaban J connectivity index is 2.13. The highest BCUT2D eigenvalue weighted by molar-refractivity contribution is 5.94. The van der Waals surface area contributed by atoms with E-state index >= 15 is 0 Å². The summed E-state index contributed by atoms with van der Waals surface area (Å²) >= 11 is 0. The summed E-state index contributed by atoms with van der Waals surface area (Å²) < 4.78 is 27.4. The van der Waals surface area contributed by atoms with Crippen molar-refractivity contribution in [1.29, 1.82) is 0 Å². The third-order valence-electron chi connectivity index (χ3n) is 4.17. The average molecular weight is 348 g/mol. The molecule has 0 heterocycles. The Hall–Kier alpha value is -2.47. The number of anilines is 1. The van der Waals surface area contributed by atoms with Crippen LogP contribution in [-0.4, -0.2) is 40.6 Å². The van der Waals surface area contributed by atoms with Gasteiger partial charge in [-0.05, 0) is 24.3 Å². The number of benzene rings is 2. The normalized spacial score (nSPS) is 12.1. The highest BCUT2D eigenvalue weighted by Crippen LogP contribution is 2.17. The first-order valence-electron chi connectivity index (χ1n) is 8.10. The van der Waals surface area contributed by atoms with Crippen LogP contribution in [0, 0.1) is 11.6 Å². The van der Waals surface area contributed by atoms with Crippen LogP contribution in [0.15, 0.2) is 42.5 Å². The standard InChI is InChI=1S/C19H23F2N3O/c1-23(2)14-10-8-13(9-11-14)17(24(3)4)12-22-19(25)18-15(20)6-5-7-16(18)21/h5-11,17H,12H2,1-4H3,(H,22,25)/p+1/t17-/m0/s1. The van der Waals surface area contributed by atoms with E-state index in [0.29, 0.717) is 0 Å². The van der Waals surface area contributed by atoms with Crippen LogP contribution in [0.5, 0.6) is 0 Å². The molecule has 1 amide bonds. The fourth-order valence-electron chi connectivity index (χ4n) is 2.66. The molecule has 2 N–H and O–H groups in total. The molecule has 0 aromatic heterocycles. The molecule has 0 bridgehead atoms. The second kappa shape index (κ2) is 8.07. The molecule has 2 rings (SSSR count). The number of amides is 1. The molecular weight excluding hydrogens is 324 g/mol. The maximum absolute atomic E-state index is 13.7. The van der Waals surface area contributed by atoms with Gasteiger partial charge in [-0.2, -0.15) is 0 Å². The van der Waals surface area contributed by atoms with Gasteiger partial charge < -0.3 is 15.1 Å². The van der Waals surface area contributed by atoms with Gasteiger partial charge in [0.1, 0.15) is 23.2 Å². The fourth-order valence-corrected chi connectivity index (χ4v) is 2.66. The summed E-state index contributed by atoms with van der Waals surface area (Å²) in [6.45, 7) is 0.274. The zero-order valence-electron chi connectivity index (χ0n) is 14.9. The molecule has 0 aliphatic rings. The van der Waals surface area contributed by atoms with Gasteiger partial charge in [-0.25, -0.2) is 8.78 Å². The first-order valence-corrected chi connectivity index (χ1v) is 8.10. The maximum Gasteiger partial charge on any atom is 0.257 e. The number of halogens is 2. The number of nitrogens with one attached hydrogen (secondary N) is 2. The second-order valence-corrected chi connectivity index (χ2v) is 6.42. The molecule has 134 valence electrons. The lowest BCUT2D eigenvalue weighted by Crippen LogP contribution is -3.07. The molecule has 25 heavy (non-hydrogen) atoms. The first-order chi connectivity index (χ1) is 11.8. The Morgan fingerprint density at radius 1 is 1.08 bits per heavy atom. The molecule has 0 saturated carbocycles. The maximum atomic E-state index is 13.7. The number of hydrogen-bond acceptors (Lipinski definition) is 2. The van der Waals surface area contributed by atoms with Crippen LogP contribution in [0.4, 0.5) is 14.5 Å². The van der Waals surface area contributed by atoms with Gasteiger partial charge in [-0.3, -0.25) is 4.79 Å². The molecule has 0 fully saturated rings. The Kier molecular flexibility index (Phi) is 6.09. The minimum atomic E-state index is -0.860. The number of carbonyl (C=O) groups is 1. The fraction of sp³-hybridized carbons (Fsp3) is 0.316. The summed E-state index contributed by atoms with van der Waals surface area (Å²) in [7, 11) is 7.88. The van der Waals surface area contributed by atoms with E-state index in [0.717, 1.165) is 28.3 Å². The molecule has 0 spiro atoms. The van der Waals surface area contributed by atoms with Crippen LogP contribution in [0.2, 0.25) is 0 Å². The van der Waals surface area contributed by atoms with E-state index in [2.05, 4.69) is 5.32 Å². The van der Waals surface area contributed by atoms with Gasteiger partial charge in [0.2, 0.25) is 0 Å². The van der Waals surface area contributed by atoms with E-state index in [1.165, 1.54) is 6.07 Å². The van der Waals surface area contributed by atoms with E-state index in [1.54, 1.807) is 0 Å². The van der Waals surface area contributed by atoms with E-state index in [1.807, 2.05) is 57.4 Å². The topological polar surface area (TPSA) is 36.8 Å². The smallest absolute Gasteiger partial charge is 0.257 e. The molecule has 1 atom stereocenters. The molecule has 4 nitrogen and oxygen atoms in total. The van der Waals surface area contributed by atoms with Crippen molar-refractivity contribution in [1.82, 2.24) is 5.32 Å². The van der Waals surface area contributed by atoms with Gasteiger partial charge >= 0.3 is 0 Å². The zero-order valence-corrected chi connectivity index (χ0v) is 14.9. The van der Waals surface area contributed by atoms with E-state index in [4.69, 9.17) is 0 Å². The lowest BCUT2D eigenvalue weighted by atomic mass is 10.0. The Morgan fingerprint density at radius 2 is 1.64 bits per heavy atom. The van der Waals surface area contributed by atoms with Crippen molar-refractivity contribution < 1.29 is 18.5 Å². The number of nitrogens with zero attached hydrogens (tertiary/aromatic N) is 1. The van der Waals surface area contributed by atoms with Crippen LogP contribution in [-0.2, 0) is 0 Å². The molecule has 0 aliphatic carbocycles. The molecule has 0 saturated heterocycles. The Bertz CT molecular complexity index is 710. The van der Waals surface area contributed by atoms with Gasteiger partial charge in [0.25, 0.3) is 5.91 Å². The lowest BCUT2D eigenvalue weighted by molar-refractivity contribution is -0.890. The summed E-state index contributed by atoms with van der Waals surface area (Å²) in [4.78, 5) is 15.3. The predicted octanol–water partition coefficient (Wildman–Crippen LogP) is 1.65. The van der Waals surface area contributed by atoms with Crippen molar-refractivity contribution >= 4 is 11.6 Å². The van der Waals surface area contributed by atoms with Gasteiger partial charge in [0.15, 0.2) is 0 Å². The SMILES string of the molecule is CN(C)c1ccc([C@H](CNC(=O)c2c(F)cccc2F)[NH+](C)C)cc1. The van der Waals surface area contributed by atoms with Crippen LogP contribution in [0.3, 0.4) is 0 Å². The quantitative estimate of drug-likeness (QED) is 0.833. The lowest BCUT2D eigenvalue weighted by Gasteiger charge is -2.23. The Labute approximate surface area is 147 Å². The summed E-state index contributed by atoms with van der Waals surface area (Å²) in [6.07, 6.45) is 0. The summed E-state index contributed by atoms with van der Waals surface area (Å²) in [5, 5.41) is 2.65. The van der Waals surface area contributed by atoms with Crippen molar-refractivity contribution in [2.24, 2.45) is 0 Å². The zero-order chi connectivity index (χ0) is 18.6. The van der Waals surface area contributed by atoms with Crippen molar-refractivity contribution in [3.05, 3.63) is 65.2 Å². The van der Waals surface area contributed by atoms with Gasteiger partial charge in [-0.15, -0.1) is 0 Å². The van der Waals surface area contributed by atoms with E-state index in [-0.39, 0.29) is 12.6 Å². The second-order valence-electron chi connectivity index (χ2n) is 6.42. The van der Waals surface area contributed by atoms with Crippen molar-refractivity contribution in [3.63, 3.8) is 0 Å². The molecule has 2 aromatic rings. The molecule has 2 aromatic carbocycles. The van der Waals surface area contributed by atoms with Gasteiger partial charge in [0, 0.05) is 25.3 Å². The van der Waals surface area contributed by atoms with Gasteiger partial charge in [-0.1, -0.05) is 18.2 Å². The largest absolute Gasteiger partial charge is 0.378 e. The van der Waals surface area contributed by atoms with Crippen LogP contribution in [0.25, 0.3) is 0 Å². The molecular formula is C19H24F2N3O+. The summed E-state index contributed by atoms with van der Waals surface area (Å²) in [6, 6.07) is 11.4. The molecule has 0 radical (unpaired) electrons. The molecule has 0 aliphatic heterocycles. The van der Waals surface area contributed by atoms with Crippen molar-refractivity contribution in [3.8, 4) is 0 Å². The highest BCUT2D eigenvalue weighted by Gasteiger charge is 2.22. The highest BCUT2D eigenvalue weighted by atomic mass is 19.1. The number of rotatable bonds is 6. The third-order valence-corrected chi connectivity index (χ3v) is 4.17. The van der Waals surface area contributed by atoms with Crippen LogP contribution >= 0.6 is 0 Å². The van der Waals surface area contributed by atoms with E-state index in [9.17, 15) is 13.6 Å². The Morgan fingerprint density at radius 3 is 2.12 bits per heavy atom. The van der Waals surface area contributed by atoms with Crippen molar-refractivity contribution in [2.75, 3.05) is 39.6 Å². The van der Waals surface area contributed by atoms with Crippen molar-refractivity contribution in [2.45, 2.75) is 6.04 Å². The predicted molar refractivity (Wildman–Crippen MR) is 95.0 cm³/mol. The monoisotopic (exact) mass is 348 g/mol. The molecule has 0 unspecified atom stereocenters. The number of quaternary nitrogens is 1. The minimum absolute atomic E-state index is 0.0324. The van der Waals surface area contributed by atoms with Crippen LogP contribution in [0.1, 0.15) is 22.0 Å². The number of likely N-dealkylation sites (N-methyl/N-ethyl adjacent to an activating group) is 1. The average Bonchev–Trinajstić information content (AvgIpc) is 2.55. The summed E-state index contributed by atoms with van der Waals surface area (Å²) in [5.41, 5.74) is 1.58. The first kappa shape index (κ1) is 18.9. The number of carbonyl (C=O) groups excluding carboxylic acids is 1. The van der Waals surface area contributed by atoms with E-state index < -0.39 is 23.1 Å². The molecule has 6 heteroatoms.